The Balaban J connectivity index is 1.59. The van der Waals surface area contributed by atoms with E-state index in [1.165, 1.54) is 4.90 Å². The van der Waals surface area contributed by atoms with Crippen molar-refractivity contribution in [3.8, 4) is 0 Å². The third kappa shape index (κ3) is 7.10. The predicted molar refractivity (Wildman–Crippen MR) is 130 cm³/mol. The molecule has 2 aromatic rings. The van der Waals surface area contributed by atoms with Gasteiger partial charge in [-0.25, -0.2) is 0 Å². The quantitative estimate of drug-likeness (QED) is 0.338. The van der Waals surface area contributed by atoms with Crippen LogP contribution in [0.25, 0.3) is 0 Å². The molecule has 14 heteroatoms. The third-order valence-corrected chi connectivity index (χ3v) is 8.01. The van der Waals surface area contributed by atoms with Gasteiger partial charge in [-0.3, -0.25) is 9.59 Å². The lowest BCUT2D eigenvalue weighted by Gasteiger charge is -2.45. The van der Waals surface area contributed by atoms with Crippen LogP contribution in [0.15, 0.2) is 42.5 Å². The van der Waals surface area contributed by atoms with Gasteiger partial charge in [0.25, 0.3) is 5.91 Å². The first kappa shape index (κ1) is 31.0. The van der Waals surface area contributed by atoms with Crippen LogP contribution >= 0.6 is 11.6 Å². The highest BCUT2D eigenvalue weighted by Gasteiger charge is 2.45. The molecule has 0 saturated carbocycles. The van der Waals surface area contributed by atoms with Gasteiger partial charge in [-0.2, -0.15) is 39.5 Å². The maximum atomic E-state index is 13.4. The Hall–Kier alpha value is -2.96. The van der Waals surface area contributed by atoms with Crippen LogP contribution in [-0.2, 0) is 17.1 Å². The molecule has 2 unspecified atom stereocenters. The number of hydrogen-bond acceptors (Lipinski definition) is 2. The Morgan fingerprint density at radius 1 is 0.732 bits per heavy atom. The number of benzene rings is 2. The predicted octanol–water partition coefficient (Wildman–Crippen LogP) is 7.42. The standard InChI is InChI=1S/C27H24ClF9N2O2/c28-20-3-1-15(2-4-20)22-14-39(10-7-21(22)16-5-8-38(9-6-16)24(41)27(35,36)37)23(40)17-11-18(25(29,30)31)13-19(12-17)26(32,33)34/h1-4,11-13,16,21-22H,5-10,14H2. The van der Waals surface area contributed by atoms with Gasteiger partial charge in [0, 0.05) is 42.7 Å². The first-order valence-corrected chi connectivity index (χ1v) is 13.0. The van der Waals surface area contributed by atoms with E-state index in [-0.39, 0.29) is 56.9 Å². The van der Waals surface area contributed by atoms with Crippen molar-refractivity contribution in [1.82, 2.24) is 9.80 Å². The van der Waals surface area contributed by atoms with Gasteiger partial charge in [0.2, 0.25) is 0 Å². The Morgan fingerprint density at radius 2 is 1.24 bits per heavy atom. The van der Waals surface area contributed by atoms with Gasteiger partial charge in [0.05, 0.1) is 11.1 Å². The van der Waals surface area contributed by atoms with Gasteiger partial charge < -0.3 is 9.80 Å². The molecule has 0 aliphatic carbocycles. The van der Waals surface area contributed by atoms with Crippen molar-refractivity contribution in [2.75, 3.05) is 26.2 Å². The summed E-state index contributed by atoms with van der Waals surface area (Å²) in [5, 5.41) is 0.414. The molecule has 0 bridgehead atoms. The molecule has 2 aromatic carbocycles. The molecule has 0 radical (unpaired) electrons. The van der Waals surface area contributed by atoms with E-state index in [1.54, 1.807) is 24.3 Å². The summed E-state index contributed by atoms with van der Waals surface area (Å²) in [5.74, 6) is -3.63. The largest absolute Gasteiger partial charge is 0.471 e. The third-order valence-electron chi connectivity index (χ3n) is 7.76. The Kier molecular flexibility index (Phi) is 8.60. The summed E-state index contributed by atoms with van der Waals surface area (Å²) >= 11 is 6.00. The molecule has 4 nitrogen and oxygen atoms in total. The first-order chi connectivity index (χ1) is 18.9. The highest BCUT2D eigenvalue weighted by Crippen LogP contribution is 2.43. The Morgan fingerprint density at radius 3 is 1.73 bits per heavy atom. The van der Waals surface area contributed by atoms with Crippen LogP contribution in [0.5, 0.6) is 0 Å². The molecule has 2 aliphatic rings. The normalized spacial score (nSPS) is 21.2. The average Bonchev–Trinajstić information content (AvgIpc) is 2.91. The minimum absolute atomic E-state index is 0.0207. The molecule has 2 atom stereocenters. The van der Waals surface area contributed by atoms with Crippen molar-refractivity contribution in [3.05, 3.63) is 69.7 Å². The van der Waals surface area contributed by atoms with Crippen LogP contribution in [0.1, 0.15) is 52.2 Å². The SMILES string of the molecule is O=C(c1cc(C(F)(F)F)cc(C(F)(F)F)c1)N1CCC(C2CCN(C(=O)C(F)(F)F)CC2)C(c2ccc(Cl)cc2)C1. The topological polar surface area (TPSA) is 40.6 Å². The van der Waals surface area contributed by atoms with Crippen LogP contribution in [0.2, 0.25) is 5.02 Å². The van der Waals surface area contributed by atoms with Gasteiger partial charge in [-0.05, 0) is 67.0 Å². The van der Waals surface area contributed by atoms with Gasteiger partial charge in [0.15, 0.2) is 0 Å². The number of rotatable bonds is 3. The number of carbonyl (C=O) groups excluding carboxylic acids is 2. The fourth-order valence-corrected chi connectivity index (χ4v) is 5.88. The maximum absolute atomic E-state index is 13.4. The zero-order chi connectivity index (χ0) is 30.3. The number of halogens is 10. The first-order valence-electron chi connectivity index (χ1n) is 12.7. The van der Waals surface area contributed by atoms with Crippen molar-refractivity contribution in [2.24, 2.45) is 11.8 Å². The fraction of sp³-hybridized carbons (Fsp3) is 0.481. The molecular formula is C27H24ClF9N2O2. The van der Waals surface area contributed by atoms with Crippen LogP contribution < -0.4 is 0 Å². The second-order valence-corrected chi connectivity index (χ2v) is 10.7. The lowest BCUT2D eigenvalue weighted by atomic mass is 9.70. The molecule has 2 heterocycles. The van der Waals surface area contributed by atoms with E-state index in [1.807, 2.05) is 0 Å². The van der Waals surface area contributed by atoms with Crippen molar-refractivity contribution < 1.29 is 49.1 Å². The smallest absolute Gasteiger partial charge is 0.338 e. The monoisotopic (exact) mass is 614 g/mol. The molecular weight excluding hydrogens is 591 g/mol. The zero-order valence-corrected chi connectivity index (χ0v) is 22.0. The Bertz CT molecular complexity index is 1240. The van der Waals surface area contributed by atoms with E-state index in [9.17, 15) is 49.1 Å². The number of alkyl halides is 9. The lowest BCUT2D eigenvalue weighted by molar-refractivity contribution is -0.187. The van der Waals surface area contributed by atoms with Gasteiger partial charge >= 0.3 is 24.4 Å². The van der Waals surface area contributed by atoms with Crippen LogP contribution in [0.4, 0.5) is 39.5 Å². The van der Waals surface area contributed by atoms with E-state index in [0.29, 0.717) is 29.1 Å². The van der Waals surface area contributed by atoms with Crippen molar-refractivity contribution in [1.29, 1.82) is 0 Å². The van der Waals surface area contributed by atoms with E-state index in [2.05, 4.69) is 0 Å². The zero-order valence-electron chi connectivity index (χ0n) is 21.2. The van der Waals surface area contributed by atoms with Crippen molar-refractivity contribution in [3.63, 3.8) is 0 Å². The number of amides is 2. The molecule has 2 fully saturated rings. The number of likely N-dealkylation sites (tertiary alicyclic amines) is 2. The number of piperidine rings is 2. The Labute approximate surface area is 234 Å². The molecule has 2 aliphatic heterocycles. The van der Waals surface area contributed by atoms with E-state index in [0.717, 1.165) is 4.90 Å². The highest BCUT2D eigenvalue weighted by molar-refractivity contribution is 6.30. The number of hydrogen-bond donors (Lipinski definition) is 0. The van der Waals surface area contributed by atoms with E-state index >= 15 is 0 Å². The molecule has 0 spiro atoms. The fourth-order valence-electron chi connectivity index (χ4n) is 5.75. The highest BCUT2D eigenvalue weighted by atomic mass is 35.5. The number of carbonyl (C=O) groups is 2. The second kappa shape index (κ2) is 11.4. The summed E-state index contributed by atoms with van der Waals surface area (Å²) in [7, 11) is 0. The molecule has 2 amide bonds. The van der Waals surface area contributed by atoms with Crippen LogP contribution in [0, 0.1) is 11.8 Å². The van der Waals surface area contributed by atoms with E-state index < -0.39 is 53.0 Å². The minimum Gasteiger partial charge on any atom is -0.338 e. The molecule has 4 rings (SSSR count). The molecule has 0 aromatic heterocycles. The van der Waals surface area contributed by atoms with Crippen molar-refractivity contribution >= 4 is 23.4 Å². The number of nitrogens with zero attached hydrogens (tertiary/aromatic N) is 2. The summed E-state index contributed by atoms with van der Waals surface area (Å²) in [5.41, 5.74) is -3.23. The van der Waals surface area contributed by atoms with Crippen molar-refractivity contribution in [2.45, 2.75) is 43.7 Å². The molecule has 0 N–H and O–H groups in total. The van der Waals surface area contributed by atoms with Gasteiger partial charge in [0.1, 0.15) is 0 Å². The molecule has 41 heavy (non-hydrogen) atoms. The summed E-state index contributed by atoms with van der Waals surface area (Å²) < 4.78 is 119. The van der Waals surface area contributed by atoms with Gasteiger partial charge in [-0.1, -0.05) is 23.7 Å². The molecule has 224 valence electrons. The lowest BCUT2D eigenvalue weighted by Crippen LogP contribution is -2.49. The summed E-state index contributed by atoms with van der Waals surface area (Å²) in [6.45, 7) is -0.239. The molecule has 2 saturated heterocycles. The van der Waals surface area contributed by atoms with E-state index in [4.69, 9.17) is 11.6 Å². The maximum Gasteiger partial charge on any atom is 0.471 e. The average molecular weight is 615 g/mol. The van der Waals surface area contributed by atoms with Crippen LogP contribution in [0.3, 0.4) is 0 Å². The summed E-state index contributed by atoms with van der Waals surface area (Å²) in [6, 6.07) is 7.34. The second-order valence-electron chi connectivity index (χ2n) is 10.3. The summed E-state index contributed by atoms with van der Waals surface area (Å²) in [6.07, 6.45) is -14.4. The van der Waals surface area contributed by atoms with Crippen LogP contribution in [-0.4, -0.2) is 54.0 Å². The van der Waals surface area contributed by atoms with Gasteiger partial charge in [-0.15, -0.1) is 0 Å². The summed E-state index contributed by atoms with van der Waals surface area (Å²) in [4.78, 5) is 26.9. The minimum atomic E-state index is -5.11.